The van der Waals surface area contributed by atoms with Gasteiger partial charge in [0.1, 0.15) is 13.2 Å². The number of nitrogens with one attached hydrogen (secondary N) is 1. The topological polar surface area (TPSA) is 33.7 Å². The highest BCUT2D eigenvalue weighted by atomic mass is 16.6. The molecular formula is C17H26N2O2. The van der Waals surface area contributed by atoms with Crippen LogP contribution in [0.2, 0.25) is 0 Å². The first-order valence-corrected chi connectivity index (χ1v) is 8.03. The smallest absolute Gasteiger partial charge is 0.161 e. The van der Waals surface area contributed by atoms with Crippen molar-refractivity contribution in [3.63, 3.8) is 0 Å². The summed E-state index contributed by atoms with van der Waals surface area (Å²) in [6.45, 7) is 6.94. The molecule has 0 saturated carbocycles. The zero-order valence-electron chi connectivity index (χ0n) is 13.1. The SMILES string of the molecule is CC(NCc1ccc2c(c1)OCCO2)C1CCCN(C)C1. The third-order valence-electron chi connectivity index (χ3n) is 4.60. The summed E-state index contributed by atoms with van der Waals surface area (Å²) in [5.74, 6) is 2.50. The third-order valence-corrected chi connectivity index (χ3v) is 4.60. The second kappa shape index (κ2) is 6.67. The van der Waals surface area contributed by atoms with Crippen molar-refractivity contribution in [3.8, 4) is 11.5 Å². The first-order valence-electron chi connectivity index (χ1n) is 8.03. The Labute approximate surface area is 127 Å². The minimum absolute atomic E-state index is 0.543. The van der Waals surface area contributed by atoms with Crippen LogP contribution in [0.3, 0.4) is 0 Å². The Morgan fingerprint density at radius 3 is 2.90 bits per heavy atom. The van der Waals surface area contributed by atoms with Crippen molar-refractivity contribution in [3.05, 3.63) is 23.8 Å². The lowest BCUT2D eigenvalue weighted by molar-refractivity contribution is 0.171. The Morgan fingerprint density at radius 1 is 1.29 bits per heavy atom. The van der Waals surface area contributed by atoms with E-state index in [2.05, 4.69) is 36.3 Å². The summed E-state index contributed by atoms with van der Waals surface area (Å²) in [6.07, 6.45) is 2.65. The minimum atomic E-state index is 0.543. The van der Waals surface area contributed by atoms with Crippen LogP contribution in [0.15, 0.2) is 18.2 Å². The highest BCUT2D eigenvalue weighted by Gasteiger charge is 2.22. The fraction of sp³-hybridized carbons (Fsp3) is 0.647. The summed E-state index contributed by atoms with van der Waals surface area (Å²) in [6, 6.07) is 6.78. The summed E-state index contributed by atoms with van der Waals surface area (Å²) in [7, 11) is 2.22. The van der Waals surface area contributed by atoms with Crippen molar-refractivity contribution in [2.24, 2.45) is 5.92 Å². The molecule has 1 N–H and O–H groups in total. The zero-order valence-corrected chi connectivity index (χ0v) is 13.1. The lowest BCUT2D eigenvalue weighted by Gasteiger charge is -2.34. The number of ether oxygens (including phenoxy) is 2. The van der Waals surface area contributed by atoms with Gasteiger partial charge < -0.3 is 19.7 Å². The number of piperidine rings is 1. The Morgan fingerprint density at radius 2 is 2.10 bits per heavy atom. The average molecular weight is 290 g/mol. The summed E-state index contributed by atoms with van der Waals surface area (Å²) in [4.78, 5) is 2.44. The highest BCUT2D eigenvalue weighted by Crippen LogP contribution is 2.30. The normalized spacial score (nSPS) is 23.8. The van der Waals surface area contributed by atoms with Crippen molar-refractivity contribution < 1.29 is 9.47 Å². The van der Waals surface area contributed by atoms with E-state index in [1.165, 1.54) is 31.5 Å². The fourth-order valence-corrected chi connectivity index (χ4v) is 3.26. The van der Waals surface area contributed by atoms with Crippen LogP contribution in [0.5, 0.6) is 11.5 Å². The number of hydrogen-bond acceptors (Lipinski definition) is 4. The van der Waals surface area contributed by atoms with E-state index >= 15 is 0 Å². The van der Waals surface area contributed by atoms with E-state index in [1.807, 2.05) is 6.07 Å². The average Bonchev–Trinajstić information content (AvgIpc) is 2.52. The molecule has 2 aliphatic rings. The highest BCUT2D eigenvalue weighted by molar-refractivity contribution is 5.43. The molecule has 0 aromatic heterocycles. The predicted molar refractivity (Wildman–Crippen MR) is 84.0 cm³/mol. The van der Waals surface area contributed by atoms with Gasteiger partial charge in [0.15, 0.2) is 11.5 Å². The Bertz CT molecular complexity index is 478. The van der Waals surface area contributed by atoms with Gasteiger partial charge in [0, 0.05) is 19.1 Å². The number of hydrogen-bond donors (Lipinski definition) is 1. The first kappa shape index (κ1) is 14.7. The van der Waals surface area contributed by atoms with Crippen molar-refractivity contribution >= 4 is 0 Å². The number of fused-ring (bicyclic) bond motifs is 1. The maximum Gasteiger partial charge on any atom is 0.161 e. The van der Waals surface area contributed by atoms with Gasteiger partial charge in [0.05, 0.1) is 0 Å². The van der Waals surface area contributed by atoms with E-state index in [0.717, 1.165) is 24.0 Å². The van der Waals surface area contributed by atoms with Crippen molar-refractivity contribution in [1.82, 2.24) is 10.2 Å². The predicted octanol–water partition coefficient (Wildman–Crippen LogP) is 2.28. The summed E-state index contributed by atoms with van der Waals surface area (Å²) >= 11 is 0. The molecule has 0 radical (unpaired) electrons. The van der Waals surface area contributed by atoms with E-state index in [0.29, 0.717) is 19.3 Å². The first-order chi connectivity index (χ1) is 10.2. The van der Waals surface area contributed by atoms with Gasteiger partial charge in [-0.15, -0.1) is 0 Å². The lowest BCUT2D eigenvalue weighted by Crippen LogP contribution is -2.42. The number of rotatable bonds is 4. The van der Waals surface area contributed by atoms with Crippen LogP contribution in [-0.4, -0.2) is 44.3 Å². The van der Waals surface area contributed by atoms with E-state index in [4.69, 9.17) is 9.47 Å². The maximum absolute atomic E-state index is 5.64. The van der Waals surface area contributed by atoms with E-state index in [1.54, 1.807) is 0 Å². The lowest BCUT2D eigenvalue weighted by atomic mass is 9.92. The molecule has 3 rings (SSSR count). The van der Waals surface area contributed by atoms with E-state index in [9.17, 15) is 0 Å². The molecule has 1 saturated heterocycles. The van der Waals surface area contributed by atoms with Gasteiger partial charge in [0.2, 0.25) is 0 Å². The fourth-order valence-electron chi connectivity index (χ4n) is 3.26. The van der Waals surface area contributed by atoms with Crippen LogP contribution in [0.1, 0.15) is 25.3 Å². The molecule has 1 aromatic rings. The Kier molecular flexibility index (Phi) is 4.66. The van der Waals surface area contributed by atoms with Gasteiger partial charge >= 0.3 is 0 Å². The molecule has 116 valence electrons. The largest absolute Gasteiger partial charge is 0.486 e. The van der Waals surface area contributed by atoms with Crippen molar-refractivity contribution in [2.75, 3.05) is 33.4 Å². The Hall–Kier alpha value is -1.26. The van der Waals surface area contributed by atoms with Crippen LogP contribution in [0.25, 0.3) is 0 Å². The molecule has 2 heterocycles. The molecule has 4 nitrogen and oxygen atoms in total. The Balaban J connectivity index is 1.54. The third kappa shape index (κ3) is 3.69. The van der Waals surface area contributed by atoms with Gasteiger partial charge in [-0.2, -0.15) is 0 Å². The quantitative estimate of drug-likeness (QED) is 0.922. The van der Waals surface area contributed by atoms with Gasteiger partial charge in [-0.25, -0.2) is 0 Å². The molecule has 2 unspecified atom stereocenters. The van der Waals surface area contributed by atoms with Gasteiger partial charge in [-0.1, -0.05) is 6.07 Å². The van der Waals surface area contributed by atoms with Gasteiger partial charge in [0.25, 0.3) is 0 Å². The molecular weight excluding hydrogens is 264 g/mol. The summed E-state index contributed by atoms with van der Waals surface area (Å²) in [5.41, 5.74) is 1.26. The van der Waals surface area contributed by atoms with Crippen molar-refractivity contribution in [1.29, 1.82) is 0 Å². The molecule has 2 atom stereocenters. The molecule has 1 fully saturated rings. The molecule has 2 aliphatic heterocycles. The standard InChI is InChI=1S/C17H26N2O2/c1-13(15-4-3-7-19(2)12-15)18-11-14-5-6-16-17(10-14)21-9-8-20-16/h5-6,10,13,15,18H,3-4,7-9,11-12H2,1-2H3. The molecule has 21 heavy (non-hydrogen) atoms. The summed E-state index contributed by atoms with van der Waals surface area (Å²) in [5, 5.41) is 3.67. The van der Waals surface area contributed by atoms with Crippen LogP contribution in [-0.2, 0) is 6.54 Å². The van der Waals surface area contributed by atoms with Gasteiger partial charge in [-0.3, -0.25) is 0 Å². The van der Waals surface area contributed by atoms with E-state index < -0.39 is 0 Å². The van der Waals surface area contributed by atoms with Crippen LogP contribution < -0.4 is 14.8 Å². The maximum atomic E-state index is 5.64. The van der Waals surface area contributed by atoms with Crippen LogP contribution in [0, 0.1) is 5.92 Å². The van der Waals surface area contributed by atoms with E-state index in [-0.39, 0.29) is 0 Å². The van der Waals surface area contributed by atoms with Crippen LogP contribution >= 0.6 is 0 Å². The number of likely N-dealkylation sites (tertiary alicyclic amines) is 1. The number of benzene rings is 1. The molecule has 0 amide bonds. The molecule has 0 bridgehead atoms. The van der Waals surface area contributed by atoms with Gasteiger partial charge in [-0.05, 0) is 57.0 Å². The monoisotopic (exact) mass is 290 g/mol. The van der Waals surface area contributed by atoms with Crippen molar-refractivity contribution in [2.45, 2.75) is 32.4 Å². The second-order valence-corrected chi connectivity index (χ2v) is 6.31. The summed E-state index contributed by atoms with van der Waals surface area (Å²) < 4.78 is 11.2. The molecule has 0 aliphatic carbocycles. The molecule has 0 spiro atoms. The number of nitrogens with zero attached hydrogens (tertiary/aromatic N) is 1. The zero-order chi connectivity index (χ0) is 14.7. The molecule has 1 aromatic carbocycles. The second-order valence-electron chi connectivity index (χ2n) is 6.31. The van der Waals surface area contributed by atoms with Crippen LogP contribution in [0.4, 0.5) is 0 Å². The molecule has 4 heteroatoms. The minimum Gasteiger partial charge on any atom is -0.486 e.